The molecule has 5 heteroatoms. The third kappa shape index (κ3) is 2.83. The molecule has 1 fully saturated rings. The van der Waals surface area contributed by atoms with Crippen molar-refractivity contribution in [2.75, 3.05) is 0 Å². The fraction of sp³-hybridized carbons (Fsp3) is 0.333. The molecule has 3 N–H and O–H groups in total. The van der Waals surface area contributed by atoms with Crippen molar-refractivity contribution in [1.29, 1.82) is 0 Å². The van der Waals surface area contributed by atoms with E-state index >= 15 is 0 Å². The van der Waals surface area contributed by atoms with Crippen molar-refractivity contribution in [3.8, 4) is 5.75 Å². The van der Waals surface area contributed by atoms with E-state index in [-0.39, 0.29) is 6.04 Å². The summed E-state index contributed by atoms with van der Waals surface area (Å²) in [6, 6.07) is 7.94. The van der Waals surface area contributed by atoms with Crippen molar-refractivity contribution < 1.29 is 4.74 Å². The minimum Gasteiger partial charge on any atom is -0.490 e. The highest BCUT2D eigenvalue weighted by atomic mass is 35.5. The number of ether oxygens (including phenoxy) is 1. The van der Waals surface area contributed by atoms with Crippen LogP contribution in [0.3, 0.4) is 0 Å². The summed E-state index contributed by atoms with van der Waals surface area (Å²) < 4.78 is 5.83. The molecule has 0 aliphatic heterocycles. The van der Waals surface area contributed by atoms with Crippen LogP contribution in [0.1, 0.15) is 34.9 Å². The Morgan fingerprint density at radius 3 is 2.85 bits per heavy atom. The van der Waals surface area contributed by atoms with E-state index in [0.717, 1.165) is 39.6 Å². The average Bonchev–Trinajstić information content (AvgIpc) is 3.20. The molecule has 106 valence electrons. The van der Waals surface area contributed by atoms with Gasteiger partial charge in [-0.3, -0.25) is 5.84 Å². The highest BCUT2D eigenvalue weighted by molar-refractivity contribution is 7.10. The summed E-state index contributed by atoms with van der Waals surface area (Å²) >= 11 is 7.97. The SMILES string of the molecule is Cc1csc(C(NN)c2cccc(OC3CC3)c2)c1Cl. The number of hydrogen-bond acceptors (Lipinski definition) is 4. The molecule has 0 spiro atoms. The van der Waals surface area contributed by atoms with E-state index in [9.17, 15) is 0 Å². The van der Waals surface area contributed by atoms with Crippen LogP contribution in [0.5, 0.6) is 5.75 Å². The maximum absolute atomic E-state index is 6.35. The zero-order valence-corrected chi connectivity index (χ0v) is 12.8. The smallest absolute Gasteiger partial charge is 0.120 e. The molecule has 1 aromatic heterocycles. The summed E-state index contributed by atoms with van der Waals surface area (Å²) in [6.07, 6.45) is 2.69. The number of aryl methyl sites for hydroxylation is 1. The molecule has 1 heterocycles. The lowest BCUT2D eigenvalue weighted by Gasteiger charge is -2.17. The Kier molecular flexibility index (Phi) is 3.98. The molecule has 0 amide bonds. The Balaban J connectivity index is 1.90. The Morgan fingerprint density at radius 2 is 2.25 bits per heavy atom. The maximum atomic E-state index is 6.35. The highest BCUT2D eigenvalue weighted by Crippen LogP contribution is 2.36. The van der Waals surface area contributed by atoms with Gasteiger partial charge in [-0.15, -0.1) is 11.3 Å². The third-order valence-electron chi connectivity index (χ3n) is 3.37. The molecule has 0 saturated heterocycles. The molecule has 1 aromatic carbocycles. The predicted molar refractivity (Wildman–Crippen MR) is 83.3 cm³/mol. The van der Waals surface area contributed by atoms with Crippen molar-refractivity contribution in [3.05, 3.63) is 50.7 Å². The fourth-order valence-electron chi connectivity index (χ4n) is 2.11. The van der Waals surface area contributed by atoms with Gasteiger partial charge in [0.1, 0.15) is 5.75 Å². The van der Waals surface area contributed by atoms with Gasteiger partial charge in [-0.05, 0) is 48.4 Å². The monoisotopic (exact) mass is 308 g/mol. The van der Waals surface area contributed by atoms with Crippen LogP contribution in [-0.4, -0.2) is 6.10 Å². The van der Waals surface area contributed by atoms with Crippen LogP contribution in [0.2, 0.25) is 5.02 Å². The normalized spacial score (nSPS) is 16.1. The molecule has 3 nitrogen and oxygen atoms in total. The molecule has 2 aromatic rings. The number of thiophene rings is 1. The topological polar surface area (TPSA) is 47.3 Å². The Labute approximate surface area is 127 Å². The molecule has 0 bridgehead atoms. The van der Waals surface area contributed by atoms with E-state index in [1.807, 2.05) is 36.6 Å². The minimum absolute atomic E-state index is 0.107. The molecular weight excluding hydrogens is 292 g/mol. The van der Waals surface area contributed by atoms with Crippen LogP contribution in [0.4, 0.5) is 0 Å². The highest BCUT2D eigenvalue weighted by Gasteiger charge is 2.24. The van der Waals surface area contributed by atoms with E-state index in [1.165, 1.54) is 0 Å². The number of halogens is 1. The van der Waals surface area contributed by atoms with Gasteiger partial charge in [0.25, 0.3) is 0 Å². The van der Waals surface area contributed by atoms with Gasteiger partial charge in [0.15, 0.2) is 0 Å². The lowest BCUT2D eigenvalue weighted by molar-refractivity contribution is 0.302. The molecule has 20 heavy (non-hydrogen) atoms. The zero-order valence-electron chi connectivity index (χ0n) is 11.2. The van der Waals surface area contributed by atoms with E-state index in [1.54, 1.807) is 11.3 Å². The van der Waals surface area contributed by atoms with Gasteiger partial charge in [0, 0.05) is 4.88 Å². The summed E-state index contributed by atoms with van der Waals surface area (Å²) in [4.78, 5) is 1.04. The number of benzene rings is 1. The first-order valence-corrected chi connectivity index (χ1v) is 7.91. The molecule has 3 rings (SSSR count). The Hall–Kier alpha value is -1.07. The first kappa shape index (κ1) is 13.9. The number of nitrogens with two attached hydrogens (primary N) is 1. The Morgan fingerprint density at radius 1 is 1.45 bits per heavy atom. The van der Waals surface area contributed by atoms with Gasteiger partial charge in [-0.2, -0.15) is 0 Å². The van der Waals surface area contributed by atoms with Crippen LogP contribution in [0.15, 0.2) is 29.6 Å². The fourth-order valence-corrected chi connectivity index (χ4v) is 3.50. The molecule has 1 aliphatic carbocycles. The van der Waals surface area contributed by atoms with E-state index in [2.05, 4.69) is 5.43 Å². The van der Waals surface area contributed by atoms with Crippen molar-refractivity contribution in [2.45, 2.75) is 31.9 Å². The summed E-state index contributed by atoms with van der Waals surface area (Å²) in [5.41, 5.74) is 5.00. The van der Waals surface area contributed by atoms with Crippen molar-refractivity contribution in [3.63, 3.8) is 0 Å². The molecule has 1 unspecified atom stereocenters. The van der Waals surface area contributed by atoms with Gasteiger partial charge in [-0.25, -0.2) is 5.43 Å². The summed E-state index contributed by atoms with van der Waals surface area (Å²) in [5, 5.41) is 2.83. The Bertz CT molecular complexity index is 610. The maximum Gasteiger partial charge on any atom is 0.120 e. The molecule has 0 radical (unpaired) electrons. The lowest BCUT2D eigenvalue weighted by atomic mass is 10.1. The summed E-state index contributed by atoms with van der Waals surface area (Å²) in [5.74, 6) is 6.63. The quantitative estimate of drug-likeness (QED) is 0.652. The first-order chi connectivity index (χ1) is 9.69. The second-order valence-corrected chi connectivity index (χ2v) is 6.38. The summed E-state index contributed by atoms with van der Waals surface area (Å²) in [7, 11) is 0. The van der Waals surface area contributed by atoms with Crippen LogP contribution >= 0.6 is 22.9 Å². The third-order valence-corrected chi connectivity index (χ3v) is 5.15. The molecule has 1 saturated carbocycles. The van der Waals surface area contributed by atoms with Gasteiger partial charge < -0.3 is 4.74 Å². The number of hydrogen-bond donors (Lipinski definition) is 2. The van der Waals surface area contributed by atoms with Crippen LogP contribution in [0.25, 0.3) is 0 Å². The minimum atomic E-state index is -0.107. The zero-order chi connectivity index (χ0) is 14.1. The van der Waals surface area contributed by atoms with Crippen LogP contribution in [0, 0.1) is 6.92 Å². The van der Waals surface area contributed by atoms with Gasteiger partial charge >= 0.3 is 0 Å². The molecular formula is C15H17ClN2OS. The van der Waals surface area contributed by atoms with Crippen molar-refractivity contribution >= 4 is 22.9 Å². The second-order valence-electron chi connectivity index (χ2n) is 5.09. The van der Waals surface area contributed by atoms with Crippen molar-refractivity contribution in [1.82, 2.24) is 5.43 Å². The van der Waals surface area contributed by atoms with E-state index < -0.39 is 0 Å². The van der Waals surface area contributed by atoms with Gasteiger partial charge in [0.2, 0.25) is 0 Å². The molecule has 1 atom stereocenters. The number of hydrazine groups is 1. The standard InChI is InChI=1S/C15H17ClN2OS/c1-9-8-20-15(13(9)16)14(18-17)10-3-2-4-12(7-10)19-11-5-6-11/h2-4,7-8,11,14,18H,5-6,17H2,1H3. The lowest BCUT2D eigenvalue weighted by Crippen LogP contribution is -2.28. The number of rotatable bonds is 5. The molecule has 1 aliphatic rings. The van der Waals surface area contributed by atoms with Crippen LogP contribution in [-0.2, 0) is 0 Å². The van der Waals surface area contributed by atoms with Gasteiger partial charge in [0.05, 0.1) is 17.2 Å². The van der Waals surface area contributed by atoms with E-state index in [0.29, 0.717) is 6.10 Å². The first-order valence-electron chi connectivity index (χ1n) is 6.65. The average molecular weight is 309 g/mol. The van der Waals surface area contributed by atoms with Crippen LogP contribution < -0.4 is 16.0 Å². The largest absolute Gasteiger partial charge is 0.490 e. The van der Waals surface area contributed by atoms with E-state index in [4.69, 9.17) is 22.2 Å². The second kappa shape index (κ2) is 5.74. The predicted octanol–water partition coefficient (Wildman–Crippen LogP) is 3.80. The number of nitrogens with one attached hydrogen (secondary N) is 1. The van der Waals surface area contributed by atoms with Gasteiger partial charge in [-0.1, -0.05) is 23.7 Å². The van der Waals surface area contributed by atoms with Crippen molar-refractivity contribution in [2.24, 2.45) is 5.84 Å². The summed E-state index contributed by atoms with van der Waals surface area (Å²) in [6.45, 7) is 2.00.